The zero-order valence-electron chi connectivity index (χ0n) is 10.1. The zero-order valence-corrected chi connectivity index (χ0v) is 10.1. The van der Waals surface area contributed by atoms with E-state index in [0.29, 0.717) is 18.7 Å². The van der Waals surface area contributed by atoms with Crippen LogP contribution >= 0.6 is 0 Å². The molecule has 0 fully saturated rings. The van der Waals surface area contributed by atoms with E-state index in [1.54, 1.807) is 24.3 Å². The van der Waals surface area contributed by atoms with Crippen molar-refractivity contribution in [2.45, 2.75) is 6.42 Å². The van der Waals surface area contributed by atoms with Crippen LogP contribution in [0.3, 0.4) is 0 Å². The van der Waals surface area contributed by atoms with Gasteiger partial charge in [-0.1, -0.05) is 30.3 Å². The molecule has 0 aliphatic heterocycles. The minimum absolute atomic E-state index is 0.0412. The van der Waals surface area contributed by atoms with Crippen molar-refractivity contribution in [2.75, 3.05) is 26.4 Å². The minimum atomic E-state index is -0.323. The van der Waals surface area contributed by atoms with E-state index >= 15 is 0 Å². The van der Waals surface area contributed by atoms with Crippen molar-refractivity contribution in [2.24, 2.45) is 0 Å². The van der Waals surface area contributed by atoms with Crippen LogP contribution in [0.2, 0.25) is 0 Å². The van der Waals surface area contributed by atoms with Crippen LogP contribution in [0, 0.1) is 0 Å². The fraction of sp³-hybridized carbons (Fsp3) is 0.385. The lowest BCUT2D eigenvalue weighted by atomic mass is 10.1. The van der Waals surface area contributed by atoms with E-state index in [2.05, 4.69) is 5.32 Å². The summed E-state index contributed by atoms with van der Waals surface area (Å²) in [5.74, 6) is -0.527. The molecule has 5 nitrogen and oxygen atoms in total. The van der Waals surface area contributed by atoms with Crippen molar-refractivity contribution >= 4 is 11.7 Å². The van der Waals surface area contributed by atoms with Gasteiger partial charge in [-0.3, -0.25) is 9.59 Å². The second-order valence-electron chi connectivity index (χ2n) is 3.65. The maximum atomic E-state index is 11.7. The number of nitrogens with one attached hydrogen (secondary N) is 1. The SMILES string of the molecule is O=C(CC(=O)c1ccccc1)NCCOCCO. The Morgan fingerprint density at radius 2 is 1.89 bits per heavy atom. The molecule has 98 valence electrons. The molecular weight excluding hydrogens is 234 g/mol. The highest BCUT2D eigenvalue weighted by atomic mass is 16.5. The molecule has 0 bridgehead atoms. The second-order valence-corrected chi connectivity index (χ2v) is 3.65. The van der Waals surface area contributed by atoms with Crippen LogP contribution in [0.4, 0.5) is 0 Å². The summed E-state index contributed by atoms with van der Waals surface area (Å²) in [4.78, 5) is 23.1. The van der Waals surface area contributed by atoms with E-state index in [-0.39, 0.29) is 31.3 Å². The third kappa shape index (κ3) is 5.56. The second kappa shape index (κ2) is 8.38. The van der Waals surface area contributed by atoms with Crippen LogP contribution in [0.1, 0.15) is 16.8 Å². The molecule has 0 heterocycles. The average Bonchev–Trinajstić information content (AvgIpc) is 2.39. The van der Waals surface area contributed by atoms with Crippen LogP contribution < -0.4 is 5.32 Å². The lowest BCUT2D eigenvalue weighted by Crippen LogP contribution is -2.29. The van der Waals surface area contributed by atoms with Gasteiger partial charge in [-0.15, -0.1) is 0 Å². The first kappa shape index (κ1) is 14.3. The monoisotopic (exact) mass is 251 g/mol. The molecule has 2 N–H and O–H groups in total. The van der Waals surface area contributed by atoms with Gasteiger partial charge in [-0.05, 0) is 0 Å². The molecule has 0 radical (unpaired) electrons. The fourth-order valence-corrected chi connectivity index (χ4v) is 1.36. The first-order valence-corrected chi connectivity index (χ1v) is 5.77. The van der Waals surface area contributed by atoms with Crippen LogP contribution in [0.15, 0.2) is 30.3 Å². The average molecular weight is 251 g/mol. The Morgan fingerprint density at radius 1 is 1.17 bits per heavy atom. The largest absolute Gasteiger partial charge is 0.394 e. The number of Topliss-reactive ketones (excluding diaryl/α,β-unsaturated/α-hetero) is 1. The molecular formula is C13H17NO4. The summed E-state index contributed by atoms with van der Waals surface area (Å²) in [6.45, 7) is 0.867. The molecule has 5 heteroatoms. The van der Waals surface area contributed by atoms with Gasteiger partial charge < -0.3 is 15.2 Å². The van der Waals surface area contributed by atoms with Crippen molar-refractivity contribution in [3.63, 3.8) is 0 Å². The summed E-state index contributed by atoms with van der Waals surface area (Å²) in [7, 11) is 0. The van der Waals surface area contributed by atoms with E-state index in [0.717, 1.165) is 0 Å². The topological polar surface area (TPSA) is 75.6 Å². The molecule has 0 aromatic heterocycles. The van der Waals surface area contributed by atoms with Crippen LogP contribution in [0.25, 0.3) is 0 Å². The van der Waals surface area contributed by atoms with Crippen molar-refractivity contribution in [1.29, 1.82) is 0 Å². The van der Waals surface area contributed by atoms with Crippen molar-refractivity contribution in [1.82, 2.24) is 5.32 Å². The normalized spacial score (nSPS) is 10.1. The standard InChI is InChI=1S/C13H17NO4/c15-7-9-18-8-6-14-13(17)10-12(16)11-4-2-1-3-5-11/h1-5,15H,6-10H2,(H,14,17). The quantitative estimate of drug-likeness (QED) is 0.398. The number of carbonyl (C=O) groups excluding carboxylic acids is 2. The maximum Gasteiger partial charge on any atom is 0.227 e. The van der Waals surface area contributed by atoms with Gasteiger partial charge in [-0.2, -0.15) is 0 Å². The Morgan fingerprint density at radius 3 is 2.56 bits per heavy atom. The number of ether oxygens (including phenoxy) is 1. The summed E-state index contributed by atoms with van der Waals surface area (Å²) in [5, 5.41) is 11.0. The first-order chi connectivity index (χ1) is 8.74. The highest BCUT2D eigenvalue weighted by molar-refractivity contribution is 6.07. The summed E-state index contributed by atoms with van der Waals surface area (Å²) < 4.78 is 4.97. The van der Waals surface area contributed by atoms with Gasteiger partial charge in [0, 0.05) is 12.1 Å². The van der Waals surface area contributed by atoms with Gasteiger partial charge in [0.2, 0.25) is 5.91 Å². The molecule has 1 amide bonds. The molecule has 0 aliphatic carbocycles. The Bertz CT molecular complexity index is 378. The Kier molecular flexibility index (Phi) is 6.68. The van der Waals surface area contributed by atoms with E-state index in [9.17, 15) is 9.59 Å². The molecule has 1 aromatic carbocycles. The predicted molar refractivity (Wildman–Crippen MR) is 66.3 cm³/mol. The van der Waals surface area contributed by atoms with E-state index in [1.807, 2.05) is 6.07 Å². The Labute approximate surface area is 106 Å². The third-order valence-corrected chi connectivity index (χ3v) is 2.22. The molecule has 1 rings (SSSR count). The summed E-state index contributed by atoms with van der Waals surface area (Å²) in [6, 6.07) is 8.69. The van der Waals surface area contributed by atoms with Gasteiger partial charge in [0.25, 0.3) is 0 Å². The van der Waals surface area contributed by atoms with Crippen molar-refractivity contribution in [3.8, 4) is 0 Å². The number of aliphatic hydroxyl groups excluding tert-OH is 1. The maximum absolute atomic E-state index is 11.7. The number of hydrogen-bond donors (Lipinski definition) is 2. The molecule has 18 heavy (non-hydrogen) atoms. The highest BCUT2D eigenvalue weighted by Crippen LogP contribution is 2.02. The molecule has 0 aliphatic rings. The molecule has 0 atom stereocenters. The number of carbonyl (C=O) groups is 2. The van der Waals surface area contributed by atoms with E-state index in [1.165, 1.54) is 0 Å². The third-order valence-electron chi connectivity index (χ3n) is 2.22. The highest BCUT2D eigenvalue weighted by Gasteiger charge is 2.10. The predicted octanol–water partition coefficient (Wildman–Crippen LogP) is 0.384. The molecule has 0 spiro atoms. The number of amides is 1. The summed E-state index contributed by atoms with van der Waals surface area (Å²) in [6.07, 6.45) is -0.163. The number of rotatable bonds is 8. The summed E-state index contributed by atoms with van der Waals surface area (Å²) >= 11 is 0. The number of aliphatic hydroxyl groups is 1. The molecule has 0 saturated heterocycles. The van der Waals surface area contributed by atoms with Crippen molar-refractivity contribution in [3.05, 3.63) is 35.9 Å². The number of benzene rings is 1. The van der Waals surface area contributed by atoms with Gasteiger partial charge >= 0.3 is 0 Å². The lowest BCUT2D eigenvalue weighted by Gasteiger charge is -2.05. The number of hydrogen-bond acceptors (Lipinski definition) is 4. The summed E-state index contributed by atoms with van der Waals surface area (Å²) in [5.41, 5.74) is 0.532. The van der Waals surface area contributed by atoms with Crippen LogP contribution in [-0.2, 0) is 9.53 Å². The van der Waals surface area contributed by atoms with Crippen LogP contribution in [0.5, 0.6) is 0 Å². The molecule has 0 saturated carbocycles. The lowest BCUT2D eigenvalue weighted by molar-refractivity contribution is -0.120. The smallest absolute Gasteiger partial charge is 0.227 e. The Hall–Kier alpha value is -1.72. The minimum Gasteiger partial charge on any atom is -0.394 e. The molecule has 1 aromatic rings. The Balaban J connectivity index is 2.22. The van der Waals surface area contributed by atoms with Gasteiger partial charge in [-0.25, -0.2) is 0 Å². The number of ketones is 1. The van der Waals surface area contributed by atoms with Crippen LogP contribution in [-0.4, -0.2) is 43.2 Å². The zero-order chi connectivity index (χ0) is 13.2. The fourth-order valence-electron chi connectivity index (χ4n) is 1.36. The van der Waals surface area contributed by atoms with E-state index < -0.39 is 0 Å². The van der Waals surface area contributed by atoms with Gasteiger partial charge in [0.05, 0.1) is 26.2 Å². The van der Waals surface area contributed by atoms with E-state index in [4.69, 9.17) is 9.84 Å². The van der Waals surface area contributed by atoms with Gasteiger partial charge in [0.1, 0.15) is 0 Å². The first-order valence-electron chi connectivity index (χ1n) is 5.77. The van der Waals surface area contributed by atoms with Gasteiger partial charge in [0.15, 0.2) is 5.78 Å². The molecule has 0 unspecified atom stereocenters. The van der Waals surface area contributed by atoms with Crippen molar-refractivity contribution < 1.29 is 19.4 Å².